The van der Waals surface area contributed by atoms with Crippen molar-refractivity contribution in [1.82, 2.24) is 0 Å². The molecule has 15 heavy (non-hydrogen) atoms. The predicted molar refractivity (Wildman–Crippen MR) is 54.1 cm³/mol. The van der Waals surface area contributed by atoms with Crippen LogP contribution in [0.2, 0.25) is 0 Å². The van der Waals surface area contributed by atoms with Gasteiger partial charge in [-0.05, 0) is 26.7 Å². The Morgan fingerprint density at radius 1 is 1.33 bits per heavy atom. The van der Waals surface area contributed by atoms with Crippen molar-refractivity contribution in [2.45, 2.75) is 26.7 Å². The maximum Gasteiger partial charge on any atom is 0.345 e. The SMILES string of the molecule is CCOC(=O)/C(C(C)=O)=C(\OC)C1CC1. The molecule has 1 aliphatic carbocycles. The van der Waals surface area contributed by atoms with Crippen LogP contribution in [0.1, 0.15) is 26.7 Å². The van der Waals surface area contributed by atoms with Gasteiger partial charge in [0.1, 0.15) is 11.3 Å². The Morgan fingerprint density at radius 3 is 2.27 bits per heavy atom. The maximum absolute atomic E-state index is 11.5. The van der Waals surface area contributed by atoms with Crippen LogP contribution in [0, 0.1) is 5.92 Å². The summed E-state index contributed by atoms with van der Waals surface area (Å²) in [6.07, 6.45) is 1.94. The molecule has 1 aliphatic rings. The van der Waals surface area contributed by atoms with E-state index >= 15 is 0 Å². The van der Waals surface area contributed by atoms with E-state index in [0.29, 0.717) is 5.76 Å². The number of carbonyl (C=O) groups excluding carboxylic acids is 2. The van der Waals surface area contributed by atoms with Crippen molar-refractivity contribution in [3.05, 3.63) is 11.3 Å². The highest BCUT2D eigenvalue weighted by atomic mass is 16.5. The third-order valence-corrected chi connectivity index (χ3v) is 2.25. The Morgan fingerprint density at radius 2 is 1.93 bits per heavy atom. The van der Waals surface area contributed by atoms with Crippen LogP contribution in [-0.2, 0) is 19.1 Å². The minimum Gasteiger partial charge on any atom is -0.500 e. The quantitative estimate of drug-likeness (QED) is 0.227. The molecule has 1 fully saturated rings. The van der Waals surface area contributed by atoms with E-state index in [9.17, 15) is 9.59 Å². The predicted octanol–water partition coefficient (Wildman–Crippen LogP) is 1.45. The van der Waals surface area contributed by atoms with Crippen molar-refractivity contribution in [1.29, 1.82) is 0 Å². The van der Waals surface area contributed by atoms with Crippen LogP contribution in [0.3, 0.4) is 0 Å². The molecule has 0 aromatic heterocycles. The van der Waals surface area contributed by atoms with Gasteiger partial charge in [0, 0.05) is 5.92 Å². The summed E-state index contributed by atoms with van der Waals surface area (Å²) in [6, 6.07) is 0. The van der Waals surface area contributed by atoms with Gasteiger partial charge in [-0.1, -0.05) is 0 Å². The second kappa shape index (κ2) is 4.96. The van der Waals surface area contributed by atoms with Crippen molar-refractivity contribution in [3.8, 4) is 0 Å². The highest BCUT2D eigenvalue weighted by Gasteiger charge is 2.34. The normalized spacial score (nSPS) is 16.7. The van der Waals surface area contributed by atoms with Crippen molar-refractivity contribution in [3.63, 3.8) is 0 Å². The lowest BCUT2D eigenvalue weighted by atomic mass is 10.1. The number of ether oxygens (including phenoxy) is 2. The summed E-state index contributed by atoms with van der Waals surface area (Å²) in [7, 11) is 1.48. The Labute approximate surface area is 89.2 Å². The highest BCUT2D eigenvalue weighted by Crippen LogP contribution is 2.38. The van der Waals surface area contributed by atoms with E-state index in [1.165, 1.54) is 14.0 Å². The van der Waals surface area contributed by atoms with E-state index < -0.39 is 5.97 Å². The Hall–Kier alpha value is -1.32. The average molecular weight is 212 g/mol. The summed E-state index contributed by atoms with van der Waals surface area (Å²) < 4.78 is 9.95. The van der Waals surface area contributed by atoms with Crippen molar-refractivity contribution in [2.24, 2.45) is 5.92 Å². The molecule has 0 radical (unpaired) electrons. The van der Waals surface area contributed by atoms with Gasteiger partial charge in [0.15, 0.2) is 5.78 Å². The zero-order valence-corrected chi connectivity index (χ0v) is 9.33. The van der Waals surface area contributed by atoms with Crippen LogP contribution >= 0.6 is 0 Å². The fourth-order valence-corrected chi connectivity index (χ4v) is 1.44. The number of methoxy groups -OCH3 is 1. The molecule has 0 N–H and O–H groups in total. The van der Waals surface area contributed by atoms with E-state index in [2.05, 4.69) is 0 Å². The first-order valence-electron chi connectivity index (χ1n) is 5.08. The van der Waals surface area contributed by atoms with Crippen LogP contribution in [0.15, 0.2) is 11.3 Å². The van der Waals surface area contributed by atoms with Crippen LogP contribution < -0.4 is 0 Å². The average Bonchev–Trinajstić information content (AvgIpc) is 2.96. The van der Waals surface area contributed by atoms with E-state index in [1.807, 2.05) is 0 Å². The van der Waals surface area contributed by atoms with E-state index in [4.69, 9.17) is 9.47 Å². The molecule has 0 aromatic rings. The van der Waals surface area contributed by atoms with Gasteiger partial charge in [0.2, 0.25) is 0 Å². The molecule has 0 heterocycles. The lowest BCUT2D eigenvalue weighted by Crippen LogP contribution is -2.17. The van der Waals surface area contributed by atoms with Gasteiger partial charge in [-0.25, -0.2) is 4.79 Å². The van der Waals surface area contributed by atoms with Gasteiger partial charge in [-0.15, -0.1) is 0 Å². The monoisotopic (exact) mass is 212 g/mol. The zero-order valence-electron chi connectivity index (χ0n) is 9.33. The molecule has 0 saturated heterocycles. The second-order valence-corrected chi connectivity index (χ2v) is 3.49. The number of hydrogen-bond acceptors (Lipinski definition) is 4. The third-order valence-electron chi connectivity index (χ3n) is 2.25. The largest absolute Gasteiger partial charge is 0.500 e. The van der Waals surface area contributed by atoms with Gasteiger partial charge in [0.25, 0.3) is 0 Å². The summed E-state index contributed by atoms with van der Waals surface area (Å²) in [6.45, 7) is 3.32. The number of rotatable bonds is 5. The van der Waals surface area contributed by atoms with Gasteiger partial charge < -0.3 is 9.47 Å². The van der Waals surface area contributed by atoms with Gasteiger partial charge >= 0.3 is 5.97 Å². The standard InChI is InChI=1S/C11H16O4/c1-4-15-11(13)9(7(2)12)10(14-3)8-5-6-8/h8H,4-6H2,1-3H3/b10-9-. The first-order chi connectivity index (χ1) is 7.11. The Bertz CT molecular complexity index is 300. The number of carbonyl (C=O) groups is 2. The molecular formula is C11H16O4. The number of allylic oxidation sites excluding steroid dienone is 1. The lowest BCUT2D eigenvalue weighted by Gasteiger charge is -2.10. The number of ketones is 1. The summed E-state index contributed by atoms with van der Waals surface area (Å²) >= 11 is 0. The number of esters is 1. The molecule has 0 bridgehead atoms. The van der Waals surface area contributed by atoms with Gasteiger partial charge in [-0.3, -0.25) is 4.79 Å². The summed E-state index contributed by atoms with van der Waals surface area (Å²) in [4.78, 5) is 22.9. The molecular weight excluding hydrogens is 196 g/mol. The Balaban J connectivity index is 2.97. The number of hydrogen-bond donors (Lipinski definition) is 0. The molecule has 0 spiro atoms. The fourth-order valence-electron chi connectivity index (χ4n) is 1.44. The maximum atomic E-state index is 11.5. The molecule has 1 rings (SSSR count). The van der Waals surface area contributed by atoms with Crippen LogP contribution in [0.4, 0.5) is 0 Å². The van der Waals surface area contributed by atoms with E-state index in [1.54, 1.807) is 6.92 Å². The summed E-state index contributed by atoms with van der Waals surface area (Å²) in [5.74, 6) is -0.162. The van der Waals surface area contributed by atoms with Crippen LogP contribution in [0.25, 0.3) is 0 Å². The Kier molecular flexibility index (Phi) is 3.88. The molecule has 84 valence electrons. The number of Topliss-reactive ketones (excluding diaryl/α,β-unsaturated/α-hetero) is 1. The van der Waals surface area contributed by atoms with E-state index in [0.717, 1.165) is 12.8 Å². The molecule has 0 aliphatic heterocycles. The van der Waals surface area contributed by atoms with Crippen LogP contribution in [0.5, 0.6) is 0 Å². The molecule has 4 nitrogen and oxygen atoms in total. The van der Waals surface area contributed by atoms with Crippen molar-refractivity contribution >= 4 is 11.8 Å². The molecule has 4 heteroatoms. The minimum absolute atomic E-state index is 0.0712. The topological polar surface area (TPSA) is 52.6 Å². The van der Waals surface area contributed by atoms with E-state index in [-0.39, 0.29) is 23.9 Å². The van der Waals surface area contributed by atoms with Crippen LogP contribution in [-0.4, -0.2) is 25.5 Å². The van der Waals surface area contributed by atoms with Crippen molar-refractivity contribution < 1.29 is 19.1 Å². The molecule has 0 atom stereocenters. The fraction of sp³-hybridized carbons (Fsp3) is 0.636. The summed E-state index contributed by atoms with van der Waals surface area (Å²) in [5, 5.41) is 0. The summed E-state index contributed by atoms with van der Waals surface area (Å²) in [5.41, 5.74) is 0.0712. The third kappa shape index (κ3) is 2.81. The first-order valence-corrected chi connectivity index (χ1v) is 5.08. The molecule has 0 amide bonds. The second-order valence-electron chi connectivity index (χ2n) is 3.49. The highest BCUT2D eigenvalue weighted by molar-refractivity contribution is 6.16. The van der Waals surface area contributed by atoms with Gasteiger partial charge in [-0.2, -0.15) is 0 Å². The van der Waals surface area contributed by atoms with Crippen molar-refractivity contribution in [2.75, 3.05) is 13.7 Å². The minimum atomic E-state index is -0.575. The molecule has 0 aromatic carbocycles. The lowest BCUT2D eigenvalue weighted by molar-refractivity contribution is -0.140. The zero-order chi connectivity index (χ0) is 11.4. The smallest absolute Gasteiger partial charge is 0.345 e. The first kappa shape index (κ1) is 11.8. The molecule has 0 unspecified atom stereocenters. The van der Waals surface area contributed by atoms with Gasteiger partial charge in [0.05, 0.1) is 13.7 Å². The molecule has 1 saturated carbocycles.